The van der Waals surface area contributed by atoms with Crippen LogP contribution in [-0.4, -0.2) is 36.2 Å². The summed E-state index contributed by atoms with van der Waals surface area (Å²) < 4.78 is 0. The monoisotopic (exact) mass is 242 g/mol. The van der Waals surface area contributed by atoms with E-state index in [4.69, 9.17) is 0 Å². The lowest BCUT2D eigenvalue weighted by atomic mass is 9.85. The molecule has 1 rings (SSSR count). The van der Waals surface area contributed by atoms with Gasteiger partial charge in [0, 0.05) is 13.0 Å². The van der Waals surface area contributed by atoms with Gasteiger partial charge in [-0.3, -0.25) is 4.79 Å². The van der Waals surface area contributed by atoms with Crippen molar-refractivity contribution in [3.63, 3.8) is 0 Å². The quantitative estimate of drug-likeness (QED) is 0.671. The summed E-state index contributed by atoms with van der Waals surface area (Å²) in [6, 6.07) is 0. The van der Waals surface area contributed by atoms with Crippen LogP contribution in [0.3, 0.4) is 0 Å². The average Bonchev–Trinajstić information content (AvgIpc) is 2.27. The number of hydrogen-bond donors (Lipinski definition) is 3. The van der Waals surface area contributed by atoms with Crippen LogP contribution in [0.1, 0.15) is 40.0 Å². The van der Waals surface area contributed by atoms with Gasteiger partial charge in [0.25, 0.3) is 0 Å². The maximum absolute atomic E-state index is 11.7. The highest BCUT2D eigenvalue weighted by Gasteiger charge is 2.22. The molecule has 100 valence electrons. The van der Waals surface area contributed by atoms with E-state index in [1.165, 1.54) is 12.8 Å². The Kier molecular flexibility index (Phi) is 5.40. The average molecular weight is 242 g/mol. The molecule has 2 unspecified atom stereocenters. The highest BCUT2D eigenvalue weighted by atomic mass is 16.3. The zero-order valence-electron chi connectivity index (χ0n) is 11.3. The van der Waals surface area contributed by atoms with Crippen molar-refractivity contribution < 1.29 is 9.90 Å². The summed E-state index contributed by atoms with van der Waals surface area (Å²) in [6.45, 7) is 7.99. The molecule has 0 spiro atoms. The molecule has 1 fully saturated rings. The fraction of sp³-hybridized carbons (Fsp3) is 0.923. The van der Waals surface area contributed by atoms with E-state index in [0.29, 0.717) is 24.8 Å². The first-order chi connectivity index (χ1) is 7.88. The molecule has 0 aromatic heterocycles. The van der Waals surface area contributed by atoms with Gasteiger partial charge in [0.15, 0.2) is 0 Å². The minimum atomic E-state index is -0.828. The largest absolute Gasteiger partial charge is 0.389 e. The normalized spacial score (nSPS) is 23.2. The molecule has 2 atom stereocenters. The number of aliphatic hydroxyl groups is 1. The SMILES string of the molecule is CC(CC(=O)NCC(C)(C)O)C1CCCNC1. The molecule has 4 nitrogen and oxygen atoms in total. The van der Waals surface area contributed by atoms with Crippen LogP contribution in [0.2, 0.25) is 0 Å². The molecule has 4 heteroatoms. The molecule has 0 radical (unpaired) electrons. The van der Waals surface area contributed by atoms with Gasteiger partial charge in [-0.2, -0.15) is 0 Å². The predicted octanol–water partition coefficient (Wildman–Crippen LogP) is 0.899. The van der Waals surface area contributed by atoms with Gasteiger partial charge in [0.1, 0.15) is 0 Å². The lowest BCUT2D eigenvalue weighted by Gasteiger charge is -2.28. The van der Waals surface area contributed by atoms with Gasteiger partial charge in [-0.05, 0) is 51.6 Å². The summed E-state index contributed by atoms with van der Waals surface area (Å²) in [5.74, 6) is 1.06. The zero-order valence-corrected chi connectivity index (χ0v) is 11.3. The van der Waals surface area contributed by atoms with Gasteiger partial charge < -0.3 is 15.7 Å². The summed E-state index contributed by atoms with van der Waals surface area (Å²) in [4.78, 5) is 11.7. The van der Waals surface area contributed by atoms with E-state index in [1.807, 2.05) is 0 Å². The van der Waals surface area contributed by atoms with E-state index in [-0.39, 0.29) is 5.91 Å². The van der Waals surface area contributed by atoms with Crippen molar-refractivity contribution in [1.82, 2.24) is 10.6 Å². The third kappa shape index (κ3) is 6.03. The number of piperidine rings is 1. The summed E-state index contributed by atoms with van der Waals surface area (Å²) in [5, 5.41) is 15.7. The Balaban J connectivity index is 2.25. The van der Waals surface area contributed by atoms with Gasteiger partial charge in [-0.25, -0.2) is 0 Å². The smallest absolute Gasteiger partial charge is 0.220 e. The van der Waals surface area contributed by atoms with Crippen molar-refractivity contribution in [3.8, 4) is 0 Å². The van der Waals surface area contributed by atoms with Gasteiger partial charge >= 0.3 is 0 Å². The second-order valence-electron chi connectivity index (χ2n) is 5.88. The Hall–Kier alpha value is -0.610. The summed E-state index contributed by atoms with van der Waals surface area (Å²) >= 11 is 0. The van der Waals surface area contributed by atoms with Crippen molar-refractivity contribution in [2.75, 3.05) is 19.6 Å². The third-order valence-electron chi connectivity index (χ3n) is 3.37. The fourth-order valence-electron chi connectivity index (χ4n) is 2.21. The number of carbonyl (C=O) groups excluding carboxylic acids is 1. The Bertz CT molecular complexity index is 242. The molecule has 1 amide bonds. The standard InChI is InChI=1S/C13H26N2O2/c1-10(11-5-4-6-14-8-11)7-12(16)15-9-13(2,3)17/h10-11,14,17H,4-9H2,1-3H3,(H,15,16). The second-order valence-corrected chi connectivity index (χ2v) is 5.88. The maximum atomic E-state index is 11.7. The lowest BCUT2D eigenvalue weighted by Crippen LogP contribution is -2.40. The van der Waals surface area contributed by atoms with Crippen LogP contribution in [0.25, 0.3) is 0 Å². The minimum absolute atomic E-state index is 0.0465. The molecule has 1 heterocycles. The molecule has 0 saturated carbocycles. The maximum Gasteiger partial charge on any atom is 0.220 e. The van der Waals surface area contributed by atoms with Crippen molar-refractivity contribution in [2.45, 2.75) is 45.6 Å². The molecule has 0 bridgehead atoms. The van der Waals surface area contributed by atoms with Crippen LogP contribution in [0, 0.1) is 11.8 Å². The number of hydrogen-bond acceptors (Lipinski definition) is 3. The van der Waals surface area contributed by atoms with Gasteiger partial charge in [0.05, 0.1) is 5.60 Å². The first kappa shape index (κ1) is 14.5. The Morgan fingerprint density at radius 1 is 1.59 bits per heavy atom. The van der Waals surface area contributed by atoms with Crippen LogP contribution < -0.4 is 10.6 Å². The van der Waals surface area contributed by atoms with Crippen molar-refractivity contribution in [3.05, 3.63) is 0 Å². The lowest BCUT2D eigenvalue weighted by molar-refractivity contribution is -0.123. The Morgan fingerprint density at radius 2 is 2.29 bits per heavy atom. The van der Waals surface area contributed by atoms with Gasteiger partial charge in [-0.1, -0.05) is 6.92 Å². The van der Waals surface area contributed by atoms with E-state index in [0.717, 1.165) is 13.1 Å². The molecule has 0 aliphatic carbocycles. The molecule has 1 aliphatic heterocycles. The van der Waals surface area contributed by atoms with Crippen LogP contribution in [0.15, 0.2) is 0 Å². The zero-order chi connectivity index (χ0) is 12.9. The topological polar surface area (TPSA) is 61.4 Å². The number of nitrogens with one attached hydrogen (secondary N) is 2. The molecule has 3 N–H and O–H groups in total. The van der Waals surface area contributed by atoms with Crippen molar-refractivity contribution in [2.24, 2.45) is 11.8 Å². The molecule has 17 heavy (non-hydrogen) atoms. The van der Waals surface area contributed by atoms with Gasteiger partial charge in [-0.15, -0.1) is 0 Å². The minimum Gasteiger partial charge on any atom is -0.389 e. The van der Waals surface area contributed by atoms with Crippen LogP contribution >= 0.6 is 0 Å². The first-order valence-corrected chi connectivity index (χ1v) is 6.58. The van der Waals surface area contributed by atoms with Crippen LogP contribution in [-0.2, 0) is 4.79 Å². The molecule has 1 saturated heterocycles. The highest BCUT2D eigenvalue weighted by Crippen LogP contribution is 2.22. The molecule has 0 aromatic carbocycles. The number of carbonyl (C=O) groups is 1. The van der Waals surface area contributed by atoms with Crippen molar-refractivity contribution >= 4 is 5.91 Å². The number of rotatable bonds is 5. The number of amides is 1. The van der Waals surface area contributed by atoms with E-state index in [2.05, 4.69) is 17.6 Å². The van der Waals surface area contributed by atoms with E-state index < -0.39 is 5.60 Å². The van der Waals surface area contributed by atoms with E-state index in [1.54, 1.807) is 13.8 Å². The summed E-state index contributed by atoms with van der Waals surface area (Å²) in [6.07, 6.45) is 2.98. The van der Waals surface area contributed by atoms with E-state index in [9.17, 15) is 9.90 Å². The second kappa shape index (κ2) is 6.36. The summed E-state index contributed by atoms with van der Waals surface area (Å²) in [5.41, 5.74) is -0.828. The molecular weight excluding hydrogens is 216 g/mol. The fourth-order valence-corrected chi connectivity index (χ4v) is 2.21. The van der Waals surface area contributed by atoms with Crippen molar-refractivity contribution in [1.29, 1.82) is 0 Å². The Labute approximate surface area is 104 Å². The first-order valence-electron chi connectivity index (χ1n) is 6.58. The molecule has 1 aliphatic rings. The van der Waals surface area contributed by atoms with Crippen LogP contribution in [0.5, 0.6) is 0 Å². The summed E-state index contributed by atoms with van der Waals surface area (Å²) in [7, 11) is 0. The molecular formula is C13H26N2O2. The molecule has 0 aromatic rings. The van der Waals surface area contributed by atoms with Crippen LogP contribution in [0.4, 0.5) is 0 Å². The predicted molar refractivity (Wildman–Crippen MR) is 68.7 cm³/mol. The third-order valence-corrected chi connectivity index (χ3v) is 3.37. The van der Waals surface area contributed by atoms with E-state index >= 15 is 0 Å². The Morgan fingerprint density at radius 3 is 2.82 bits per heavy atom. The van der Waals surface area contributed by atoms with Gasteiger partial charge in [0.2, 0.25) is 5.91 Å². The highest BCUT2D eigenvalue weighted by molar-refractivity contribution is 5.76.